The molecule has 138 valence electrons. The third kappa shape index (κ3) is 6.31. The number of carbonyl (C=O) groups is 2. The first-order chi connectivity index (χ1) is 11.9. The number of halogens is 1. The number of amides is 1. The molecule has 0 radical (unpaired) electrons. The highest BCUT2D eigenvalue weighted by Gasteiger charge is 2.21. The predicted molar refractivity (Wildman–Crippen MR) is 96.5 cm³/mol. The number of benzene rings is 1. The second-order valence-corrected chi connectivity index (χ2v) is 5.68. The van der Waals surface area contributed by atoms with E-state index >= 15 is 0 Å². The molecule has 7 heteroatoms. The molecule has 0 aliphatic rings. The van der Waals surface area contributed by atoms with Gasteiger partial charge in [0.1, 0.15) is 0 Å². The topological polar surface area (TPSA) is 73.9 Å². The molecule has 6 nitrogen and oxygen atoms in total. The fourth-order valence-electron chi connectivity index (χ4n) is 1.89. The summed E-state index contributed by atoms with van der Waals surface area (Å²) in [5.41, 5.74) is 0.174. The Labute approximate surface area is 153 Å². The Morgan fingerprint density at radius 1 is 1.40 bits per heavy atom. The summed E-state index contributed by atoms with van der Waals surface area (Å²) in [5.74, 6) is -0.377. The maximum Gasteiger partial charge on any atom is 0.339 e. The average Bonchev–Trinajstić information content (AvgIpc) is 2.60. The summed E-state index contributed by atoms with van der Waals surface area (Å²) < 4.78 is 16.0. The van der Waals surface area contributed by atoms with Crippen LogP contribution in [0.3, 0.4) is 0 Å². The lowest BCUT2D eigenvalue weighted by atomic mass is 10.2. The largest absolute Gasteiger partial charge is 0.493 e. The summed E-state index contributed by atoms with van der Waals surface area (Å²) in [6.07, 6.45) is 2.45. The van der Waals surface area contributed by atoms with Crippen molar-refractivity contribution in [3.63, 3.8) is 0 Å². The van der Waals surface area contributed by atoms with Crippen molar-refractivity contribution < 1.29 is 23.8 Å². The molecule has 0 unspecified atom stereocenters. The van der Waals surface area contributed by atoms with Gasteiger partial charge in [-0.15, -0.1) is 6.58 Å². The van der Waals surface area contributed by atoms with Crippen molar-refractivity contribution >= 4 is 23.5 Å². The zero-order chi connectivity index (χ0) is 18.8. The Bertz CT molecular complexity index is 618. The molecule has 1 rings (SSSR count). The van der Waals surface area contributed by atoms with Crippen molar-refractivity contribution in [1.29, 1.82) is 0 Å². The summed E-state index contributed by atoms with van der Waals surface area (Å²) in [6.45, 7) is 7.83. The molecule has 0 bridgehead atoms. The maximum absolute atomic E-state index is 12.2. The molecule has 0 saturated heterocycles. The van der Waals surface area contributed by atoms with Gasteiger partial charge in [0, 0.05) is 6.54 Å². The van der Waals surface area contributed by atoms with Gasteiger partial charge in [-0.05, 0) is 25.5 Å². The number of nitrogens with one attached hydrogen (secondary N) is 1. The standard InChI is InChI=1S/C18H24ClNO5/c1-5-7-9-24-16-14(19)10-13(11-15(16)23-4)18(22)25-12(3)17(21)20-8-6-2/h6,10-12H,2,5,7-9H2,1,3-4H3,(H,20,21)/t12-/m1/s1. The molecule has 0 heterocycles. The summed E-state index contributed by atoms with van der Waals surface area (Å²) in [7, 11) is 1.46. The predicted octanol–water partition coefficient (Wildman–Crippen LogP) is 3.38. The van der Waals surface area contributed by atoms with Crippen molar-refractivity contribution in [3.8, 4) is 11.5 Å². The van der Waals surface area contributed by atoms with Crippen LogP contribution >= 0.6 is 11.6 Å². The fourth-order valence-corrected chi connectivity index (χ4v) is 2.16. The molecule has 25 heavy (non-hydrogen) atoms. The summed E-state index contributed by atoms with van der Waals surface area (Å²) in [6, 6.07) is 2.91. The molecule has 1 N–H and O–H groups in total. The number of carbonyl (C=O) groups excluding carboxylic acids is 2. The van der Waals surface area contributed by atoms with Crippen LogP contribution in [0.1, 0.15) is 37.0 Å². The second-order valence-electron chi connectivity index (χ2n) is 5.27. The van der Waals surface area contributed by atoms with Crippen molar-refractivity contribution in [2.45, 2.75) is 32.8 Å². The molecule has 0 saturated carbocycles. The minimum atomic E-state index is -0.947. The number of hydrogen-bond acceptors (Lipinski definition) is 5. The van der Waals surface area contributed by atoms with E-state index in [0.29, 0.717) is 24.7 Å². The summed E-state index contributed by atoms with van der Waals surface area (Å²) in [5, 5.41) is 2.80. The first kappa shape index (κ1) is 20.8. The van der Waals surface area contributed by atoms with E-state index < -0.39 is 18.0 Å². The molecule has 1 aromatic carbocycles. The van der Waals surface area contributed by atoms with Crippen molar-refractivity contribution in [3.05, 3.63) is 35.4 Å². The lowest BCUT2D eigenvalue weighted by Gasteiger charge is -2.15. The first-order valence-electron chi connectivity index (χ1n) is 8.04. The highest BCUT2D eigenvalue weighted by atomic mass is 35.5. The fraction of sp³-hybridized carbons (Fsp3) is 0.444. The van der Waals surface area contributed by atoms with E-state index in [1.54, 1.807) is 0 Å². The van der Waals surface area contributed by atoms with E-state index in [4.69, 9.17) is 25.8 Å². The van der Waals surface area contributed by atoms with Crippen LogP contribution in [-0.2, 0) is 9.53 Å². The van der Waals surface area contributed by atoms with Gasteiger partial charge in [-0.1, -0.05) is 31.0 Å². The van der Waals surface area contributed by atoms with Crippen LogP contribution in [0.15, 0.2) is 24.8 Å². The Morgan fingerprint density at radius 3 is 2.72 bits per heavy atom. The van der Waals surface area contributed by atoms with Crippen molar-refractivity contribution in [2.24, 2.45) is 0 Å². The summed E-state index contributed by atoms with van der Waals surface area (Å²) in [4.78, 5) is 24.0. The molecule has 0 fully saturated rings. The van der Waals surface area contributed by atoms with E-state index in [9.17, 15) is 9.59 Å². The Morgan fingerprint density at radius 2 is 2.12 bits per heavy atom. The molecule has 1 aromatic rings. The Kier molecular flexibility index (Phi) is 8.84. The number of rotatable bonds is 10. The van der Waals surface area contributed by atoms with Crippen LogP contribution in [0.5, 0.6) is 11.5 Å². The molecule has 1 atom stereocenters. The molecule has 0 aliphatic carbocycles. The lowest BCUT2D eigenvalue weighted by Crippen LogP contribution is -2.35. The molecule has 1 amide bonds. The van der Waals surface area contributed by atoms with Crippen LogP contribution in [0, 0.1) is 0 Å². The highest BCUT2D eigenvalue weighted by Crippen LogP contribution is 2.36. The minimum Gasteiger partial charge on any atom is -0.493 e. The van der Waals surface area contributed by atoms with Gasteiger partial charge < -0.3 is 19.5 Å². The second kappa shape index (κ2) is 10.6. The van der Waals surface area contributed by atoms with Gasteiger partial charge in [-0.3, -0.25) is 4.79 Å². The zero-order valence-corrected chi connectivity index (χ0v) is 15.5. The first-order valence-corrected chi connectivity index (χ1v) is 8.42. The number of hydrogen-bond donors (Lipinski definition) is 1. The van der Waals surface area contributed by atoms with Gasteiger partial charge in [0.05, 0.1) is 24.3 Å². The quantitative estimate of drug-likeness (QED) is 0.389. The molecule has 0 spiro atoms. The highest BCUT2D eigenvalue weighted by molar-refractivity contribution is 6.32. The number of unbranched alkanes of at least 4 members (excludes halogenated alkanes) is 1. The van der Waals surface area contributed by atoms with Crippen LogP contribution in [0.25, 0.3) is 0 Å². The Balaban J connectivity index is 2.86. The van der Waals surface area contributed by atoms with Crippen LogP contribution in [-0.4, -0.2) is 38.2 Å². The molecule has 0 aliphatic heterocycles. The lowest BCUT2D eigenvalue weighted by molar-refractivity contribution is -0.128. The average molecular weight is 370 g/mol. The maximum atomic E-state index is 12.2. The van der Waals surface area contributed by atoms with Gasteiger partial charge in [0.15, 0.2) is 17.6 Å². The zero-order valence-electron chi connectivity index (χ0n) is 14.8. The minimum absolute atomic E-state index is 0.174. The van der Waals surface area contributed by atoms with E-state index in [-0.39, 0.29) is 10.6 Å². The van der Waals surface area contributed by atoms with Gasteiger partial charge >= 0.3 is 5.97 Å². The van der Waals surface area contributed by atoms with E-state index in [2.05, 4.69) is 11.9 Å². The van der Waals surface area contributed by atoms with E-state index in [1.165, 1.54) is 32.2 Å². The number of methoxy groups -OCH3 is 1. The monoisotopic (exact) mass is 369 g/mol. The van der Waals surface area contributed by atoms with Crippen LogP contribution in [0.2, 0.25) is 5.02 Å². The van der Waals surface area contributed by atoms with Crippen LogP contribution in [0.4, 0.5) is 0 Å². The van der Waals surface area contributed by atoms with E-state index in [1.807, 2.05) is 6.92 Å². The van der Waals surface area contributed by atoms with Crippen LogP contribution < -0.4 is 14.8 Å². The van der Waals surface area contributed by atoms with Gasteiger partial charge in [-0.2, -0.15) is 0 Å². The van der Waals surface area contributed by atoms with Gasteiger partial charge in [-0.25, -0.2) is 4.79 Å². The number of esters is 1. The third-order valence-electron chi connectivity index (χ3n) is 3.28. The molecule has 0 aromatic heterocycles. The van der Waals surface area contributed by atoms with Crippen molar-refractivity contribution in [1.82, 2.24) is 5.32 Å². The summed E-state index contributed by atoms with van der Waals surface area (Å²) >= 11 is 6.20. The SMILES string of the molecule is C=CCNC(=O)[C@@H](C)OC(=O)c1cc(Cl)c(OCCCC)c(OC)c1. The van der Waals surface area contributed by atoms with Crippen molar-refractivity contribution in [2.75, 3.05) is 20.3 Å². The third-order valence-corrected chi connectivity index (χ3v) is 3.56. The van der Waals surface area contributed by atoms with Gasteiger partial charge in [0.25, 0.3) is 5.91 Å². The Hall–Kier alpha value is -2.21. The number of ether oxygens (including phenoxy) is 3. The normalized spacial score (nSPS) is 11.4. The van der Waals surface area contributed by atoms with Gasteiger partial charge in [0.2, 0.25) is 0 Å². The molecular weight excluding hydrogens is 346 g/mol. The molecular formula is C18H24ClNO5. The van der Waals surface area contributed by atoms with E-state index in [0.717, 1.165) is 12.8 Å². The smallest absolute Gasteiger partial charge is 0.339 e.